The average molecular weight is 250 g/mol. The van der Waals surface area contributed by atoms with Crippen molar-refractivity contribution < 1.29 is 4.55 Å². The van der Waals surface area contributed by atoms with Gasteiger partial charge in [0.1, 0.15) is 0 Å². The van der Waals surface area contributed by atoms with Crippen molar-refractivity contribution >= 4 is 23.0 Å². The Morgan fingerprint density at radius 2 is 1.93 bits per heavy atom. The predicted octanol–water partition coefficient (Wildman–Crippen LogP) is 3.26. The fraction of sp³-hybridized carbons (Fsp3) is 0.818. The molecule has 1 heterocycles. The molecular formula is C11H20ClNOS. The average Bonchev–Trinajstić information content (AvgIpc) is 2.27. The van der Waals surface area contributed by atoms with Gasteiger partial charge in [0, 0.05) is 6.08 Å². The molecule has 4 heteroatoms. The molecule has 0 fully saturated rings. The Labute approximate surface area is 101 Å². The molecule has 0 aromatic rings. The third-order valence-corrected chi connectivity index (χ3v) is 4.52. The zero-order valence-corrected chi connectivity index (χ0v) is 11.7. The summed E-state index contributed by atoms with van der Waals surface area (Å²) in [5, 5.41) is 0. The summed E-state index contributed by atoms with van der Waals surface area (Å²) in [6.45, 7) is 11.5. The third kappa shape index (κ3) is 3.38. The number of hydrogen-bond acceptors (Lipinski definition) is 2. The van der Waals surface area contributed by atoms with Gasteiger partial charge in [-0.1, -0.05) is 20.8 Å². The molecule has 88 valence electrons. The molecule has 0 saturated carbocycles. The topological polar surface area (TPSA) is 26.3 Å². The van der Waals surface area contributed by atoms with Crippen LogP contribution in [0.4, 0.5) is 0 Å². The van der Waals surface area contributed by atoms with Gasteiger partial charge in [0.15, 0.2) is 0 Å². The van der Waals surface area contributed by atoms with Gasteiger partial charge < -0.3 is 4.55 Å². The van der Waals surface area contributed by atoms with Crippen LogP contribution in [0, 0.1) is 5.41 Å². The van der Waals surface area contributed by atoms with Crippen molar-refractivity contribution in [2.45, 2.75) is 46.6 Å². The summed E-state index contributed by atoms with van der Waals surface area (Å²) in [6, 6.07) is 0. The maximum atomic E-state index is 11.9. The van der Waals surface area contributed by atoms with Crippen LogP contribution in [0.3, 0.4) is 0 Å². The van der Waals surface area contributed by atoms with E-state index in [4.69, 9.17) is 11.6 Å². The molecule has 1 unspecified atom stereocenters. The molecule has 0 amide bonds. The normalized spacial score (nSPS) is 24.5. The van der Waals surface area contributed by atoms with E-state index < -0.39 is 11.4 Å². The highest BCUT2D eigenvalue weighted by atomic mass is 35.5. The van der Waals surface area contributed by atoms with Crippen molar-refractivity contribution in [3.8, 4) is 0 Å². The molecule has 0 aromatic carbocycles. The van der Waals surface area contributed by atoms with Crippen LogP contribution < -0.4 is 0 Å². The van der Waals surface area contributed by atoms with Crippen molar-refractivity contribution in [1.29, 1.82) is 0 Å². The van der Waals surface area contributed by atoms with E-state index in [-0.39, 0.29) is 11.0 Å². The monoisotopic (exact) mass is 249 g/mol. The highest BCUT2D eigenvalue weighted by molar-refractivity contribution is 7.94. The molecule has 2 nitrogen and oxygen atoms in total. The van der Waals surface area contributed by atoms with Gasteiger partial charge in [-0.15, -0.1) is 4.31 Å². The molecule has 0 radical (unpaired) electrons. The van der Waals surface area contributed by atoms with E-state index in [1.54, 1.807) is 0 Å². The Morgan fingerprint density at radius 1 is 1.40 bits per heavy atom. The zero-order valence-electron chi connectivity index (χ0n) is 10.1. The van der Waals surface area contributed by atoms with Crippen LogP contribution in [0.15, 0.2) is 10.4 Å². The first-order chi connectivity index (χ1) is 6.63. The lowest BCUT2D eigenvalue weighted by atomic mass is 9.82. The predicted molar refractivity (Wildman–Crippen MR) is 66.9 cm³/mol. The van der Waals surface area contributed by atoms with Gasteiger partial charge in [-0.25, -0.2) is 0 Å². The molecule has 0 N–H and O–H groups in total. The summed E-state index contributed by atoms with van der Waals surface area (Å²) in [5.74, 6) is 0. The fourth-order valence-corrected chi connectivity index (χ4v) is 3.73. The molecule has 1 rings (SSSR count). The molecule has 1 aliphatic rings. The van der Waals surface area contributed by atoms with Crippen molar-refractivity contribution in [3.63, 3.8) is 0 Å². The van der Waals surface area contributed by atoms with Crippen molar-refractivity contribution in [2.24, 2.45) is 5.41 Å². The summed E-state index contributed by atoms with van der Waals surface area (Å²) < 4.78 is 14.3. The highest BCUT2D eigenvalue weighted by Gasteiger charge is 2.42. The summed E-state index contributed by atoms with van der Waals surface area (Å²) in [4.78, 5) is 0. The second-order valence-corrected chi connectivity index (χ2v) is 7.88. The smallest absolute Gasteiger partial charge is 0.238 e. The van der Waals surface area contributed by atoms with E-state index in [1.807, 2.05) is 10.4 Å². The van der Waals surface area contributed by atoms with E-state index in [9.17, 15) is 4.55 Å². The maximum absolute atomic E-state index is 11.9. The molecule has 0 aliphatic carbocycles. The van der Waals surface area contributed by atoms with Gasteiger partial charge in [0.25, 0.3) is 0 Å². The van der Waals surface area contributed by atoms with Gasteiger partial charge in [0.05, 0.1) is 23.4 Å². The van der Waals surface area contributed by atoms with Gasteiger partial charge in [-0.05, 0) is 37.3 Å². The molecular weight excluding hydrogens is 230 g/mol. The van der Waals surface area contributed by atoms with Crippen molar-refractivity contribution in [1.82, 2.24) is 4.31 Å². The molecule has 15 heavy (non-hydrogen) atoms. The van der Waals surface area contributed by atoms with Crippen LogP contribution in [0.5, 0.6) is 0 Å². The lowest BCUT2D eigenvalue weighted by Gasteiger charge is -2.38. The number of nitrogens with zero attached hydrogens (tertiary/aromatic N) is 1. The molecule has 1 atom stereocenters. The summed E-state index contributed by atoms with van der Waals surface area (Å²) in [7, 11) is 0. The molecule has 0 spiro atoms. The van der Waals surface area contributed by atoms with Crippen LogP contribution in [0.25, 0.3) is 0 Å². The van der Waals surface area contributed by atoms with E-state index in [1.165, 1.54) is 0 Å². The van der Waals surface area contributed by atoms with Crippen molar-refractivity contribution in [3.05, 3.63) is 10.4 Å². The van der Waals surface area contributed by atoms with Crippen molar-refractivity contribution in [2.75, 3.05) is 6.54 Å². The summed E-state index contributed by atoms with van der Waals surface area (Å²) in [6.07, 6.45) is 2.83. The first-order valence-electron chi connectivity index (χ1n) is 5.19. The fourth-order valence-electron chi connectivity index (χ4n) is 2.26. The number of rotatable bonds is 2. The standard InChI is InChI=1S/C11H20ClNOS/c1-10(2,3)8-11(4,5)13-7-6-9(12)15(13)14/h6H,7-8H2,1-5H3. The van der Waals surface area contributed by atoms with E-state index >= 15 is 0 Å². The molecule has 0 saturated heterocycles. The largest absolute Gasteiger partial charge is 0.592 e. The Kier molecular flexibility index (Phi) is 3.82. The van der Waals surface area contributed by atoms with Crippen LogP contribution in [-0.4, -0.2) is 20.9 Å². The van der Waals surface area contributed by atoms with Crippen LogP contribution in [0.2, 0.25) is 0 Å². The minimum absolute atomic E-state index is 0.0871. The Hall–Kier alpha value is 0.300. The van der Waals surface area contributed by atoms with Gasteiger partial charge >= 0.3 is 0 Å². The number of hydrogen-bond donors (Lipinski definition) is 0. The summed E-state index contributed by atoms with van der Waals surface area (Å²) in [5.41, 5.74) is 0.138. The minimum atomic E-state index is -1.15. The van der Waals surface area contributed by atoms with E-state index in [0.717, 1.165) is 6.42 Å². The maximum Gasteiger partial charge on any atom is 0.238 e. The molecule has 1 aliphatic heterocycles. The zero-order chi connectivity index (χ0) is 11.9. The van der Waals surface area contributed by atoms with Gasteiger partial charge in [0.2, 0.25) is 4.36 Å². The van der Waals surface area contributed by atoms with Gasteiger partial charge in [-0.2, -0.15) is 0 Å². The molecule has 0 bridgehead atoms. The summed E-state index contributed by atoms with van der Waals surface area (Å²) >= 11 is 4.70. The lowest BCUT2D eigenvalue weighted by molar-refractivity contribution is 0.168. The number of halogens is 1. The highest BCUT2D eigenvalue weighted by Crippen LogP contribution is 2.37. The Balaban J connectivity index is 2.72. The van der Waals surface area contributed by atoms with Crippen LogP contribution in [0.1, 0.15) is 41.0 Å². The second kappa shape index (κ2) is 4.28. The Bertz CT molecular complexity index is 270. The van der Waals surface area contributed by atoms with Crippen LogP contribution in [-0.2, 0) is 11.4 Å². The van der Waals surface area contributed by atoms with Gasteiger partial charge in [-0.3, -0.25) is 0 Å². The third-order valence-electron chi connectivity index (χ3n) is 2.42. The SMILES string of the molecule is CC(C)(C)CC(C)(C)N1CC=C(Cl)[S+]1[O-]. The van der Waals surface area contributed by atoms with Crippen LogP contribution >= 0.6 is 11.6 Å². The second-order valence-electron chi connectivity index (χ2n) is 5.87. The first kappa shape index (κ1) is 13.4. The lowest BCUT2D eigenvalue weighted by Crippen LogP contribution is -2.47. The molecule has 0 aromatic heterocycles. The Morgan fingerprint density at radius 3 is 2.27 bits per heavy atom. The first-order valence-corrected chi connectivity index (χ1v) is 6.67. The van der Waals surface area contributed by atoms with E-state index in [0.29, 0.717) is 10.9 Å². The quantitative estimate of drug-likeness (QED) is 0.703. The van der Waals surface area contributed by atoms with E-state index in [2.05, 4.69) is 34.6 Å². The minimum Gasteiger partial charge on any atom is -0.592 e.